The fourth-order valence-corrected chi connectivity index (χ4v) is 2.98. The van der Waals surface area contributed by atoms with Crippen LogP contribution in [-0.4, -0.2) is 19.5 Å². The summed E-state index contributed by atoms with van der Waals surface area (Å²) in [7, 11) is -3.86. The molecule has 0 aromatic heterocycles. The number of carboxylic acids is 1. The minimum Gasteiger partial charge on any atom is -0.478 e. The summed E-state index contributed by atoms with van der Waals surface area (Å²) in [6, 6.07) is 9.72. The van der Waals surface area contributed by atoms with Crippen molar-refractivity contribution in [3.63, 3.8) is 0 Å². The second kappa shape index (κ2) is 6.62. The SMILES string of the molecule is Cc1cc(NS(=O)(=O)c2cccc(/C=C/C(=O)O)c2)ccc1F. The van der Waals surface area contributed by atoms with Gasteiger partial charge in [-0.2, -0.15) is 0 Å². The molecule has 2 aromatic carbocycles. The number of hydrogen-bond donors (Lipinski definition) is 2. The fourth-order valence-electron chi connectivity index (χ4n) is 1.88. The maximum absolute atomic E-state index is 13.2. The number of aliphatic carboxylic acids is 1. The number of benzene rings is 2. The minimum absolute atomic E-state index is 0.0213. The van der Waals surface area contributed by atoms with Crippen molar-refractivity contribution in [1.29, 1.82) is 0 Å². The van der Waals surface area contributed by atoms with Crippen LogP contribution in [0.2, 0.25) is 0 Å². The zero-order valence-corrected chi connectivity index (χ0v) is 13.0. The molecular formula is C16H14FNO4S. The van der Waals surface area contributed by atoms with Crippen molar-refractivity contribution in [2.45, 2.75) is 11.8 Å². The van der Waals surface area contributed by atoms with Crippen LogP contribution in [0.4, 0.5) is 10.1 Å². The average molecular weight is 335 g/mol. The molecule has 2 aromatic rings. The van der Waals surface area contributed by atoms with Crippen LogP contribution in [0.3, 0.4) is 0 Å². The molecule has 120 valence electrons. The van der Waals surface area contributed by atoms with Gasteiger partial charge in [0.1, 0.15) is 5.82 Å². The predicted octanol–water partition coefficient (Wildman–Crippen LogP) is 3.03. The van der Waals surface area contributed by atoms with Crippen LogP contribution < -0.4 is 4.72 Å². The molecule has 0 unspecified atom stereocenters. The molecule has 0 atom stereocenters. The van der Waals surface area contributed by atoms with Gasteiger partial charge >= 0.3 is 5.97 Å². The first-order chi connectivity index (χ1) is 10.8. The van der Waals surface area contributed by atoms with E-state index in [-0.39, 0.29) is 10.6 Å². The number of carboxylic acid groups (broad SMARTS) is 1. The zero-order chi connectivity index (χ0) is 17.0. The van der Waals surface area contributed by atoms with E-state index >= 15 is 0 Å². The van der Waals surface area contributed by atoms with Gasteiger partial charge in [0, 0.05) is 11.8 Å². The van der Waals surface area contributed by atoms with Crippen LogP contribution in [0, 0.1) is 12.7 Å². The third-order valence-electron chi connectivity index (χ3n) is 3.00. The molecule has 0 amide bonds. The monoisotopic (exact) mass is 335 g/mol. The maximum atomic E-state index is 13.2. The van der Waals surface area contributed by atoms with Gasteiger partial charge in [-0.25, -0.2) is 17.6 Å². The lowest BCUT2D eigenvalue weighted by molar-refractivity contribution is -0.131. The Kier molecular flexibility index (Phi) is 4.80. The van der Waals surface area contributed by atoms with E-state index in [9.17, 15) is 17.6 Å². The van der Waals surface area contributed by atoms with Gasteiger partial charge in [-0.05, 0) is 54.5 Å². The standard InChI is InChI=1S/C16H14FNO4S/c1-11-9-13(6-7-15(11)17)18-23(21,22)14-4-2-3-12(10-14)5-8-16(19)20/h2-10,18H,1H3,(H,19,20)/b8-5+. The van der Waals surface area contributed by atoms with Crippen molar-refractivity contribution in [3.05, 3.63) is 65.5 Å². The molecule has 0 saturated heterocycles. The number of hydrogen-bond acceptors (Lipinski definition) is 3. The van der Waals surface area contributed by atoms with E-state index in [0.717, 1.165) is 6.08 Å². The largest absolute Gasteiger partial charge is 0.478 e. The summed E-state index contributed by atoms with van der Waals surface area (Å²) in [6.45, 7) is 1.53. The van der Waals surface area contributed by atoms with E-state index in [2.05, 4.69) is 4.72 Å². The number of carbonyl (C=O) groups is 1. The van der Waals surface area contributed by atoms with Crippen molar-refractivity contribution >= 4 is 27.8 Å². The zero-order valence-electron chi connectivity index (χ0n) is 12.2. The van der Waals surface area contributed by atoms with Gasteiger partial charge < -0.3 is 5.11 Å². The van der Waals surface area contributed by atoms with Gasteiger partial charge in [0.2, 0.25) is 0 Å². The average Bonchev–Trinajstić information content (AvgIpc) is 2.49. The highest BCUT2D eigenvalue weighted by Crippen LogP contribution is 2.19. The molecular weight excluding hydrogens is 321 g/mol. The van der Waals surface area contributed by atoms with E-state index in [4.69, 9.17) is 5.11 Å². The lowest BCUT2D eigenvalue weighted by Crippen LogP contribution is -2.13. The Morgan fingerprint density at radius 1 is 1.22 bits per heavy atom. The summed E-state index contributed by atoms with van der Waals surface area (Å²) in [4.78, 5) is 10.5. The Morgan fingerprint density at radius 3 is 2.61 bits per heavy atom. The van der Waals surface area contributed by atoms with E-state index in [1.807, 2.05) is 0 Å². The van der Waals surface area contributed by atoms with Gasteiger partial charge in [0.05, 0.1) is 4.90 Å². The second-order valence-electron chi connectivity index (χ2n) is 4.81. The molecule has 0 aliphatic rings. The number of nitrogens with one attached hydrogen (secondary N) is 1. The van der Waals surface area contributed by atoms with Gasteiger partial charge in [-0.1, -0.05) is 12.1 Å². The van der Waals surface area contributed by atoms with Crippen LogP contribution in [-0.2, 0) is 14.8 Å². The lowest BCUT2D eigenvalue weighted by Gasteiger charge is -2.09. The minimum atomic E-state index is -3.86. The molecule has 2 N–H and O–H groups in total. The summed E-state index contributed by atoms with van der Waals surface area (Å²) in [6.07, 6.45) is 2.21. The van der Waals surface area contributed by atoms with Crippen LogP contribution in [0.15, 0.2) is 53.4 Å². The highest BCUT2D eigenvalue weighted by molar-refractivity contribution is 7.92. The summed E-state index contributed by atoms with van der Waals surface area (Å²) >= 11 is 0. The molecule has 23 heavy (non-hydrogen) atoms. The van der Waals surface area contributed by atoms with Crippen LogP contribution in [0.1, 0.15) is 11.1 Å². The topological polar surface area (TPSA) is 83.5 Å². The van der Waals surface area contributed by atoms with Crippen molar-refractivity contribution in [1.82, 2.24) is 0 Å². The molecule has 5 nitrogen and oxygen atoms in total. The molecule has 0 aliphatic carbocycles. The molecule has 0 radical (unpaired) electrons. The van der Waals surface area contributed by atoms with Gasteiger partial charge in [0.15, 0.2) is 0 Å². The normalized spacial score (nSPS) is 11.6. The van der Waals surface area contributed by atoms with E-state index in [1.165, 1.54) is 49.4 Å². The number of anilines is 1. The Bertz CT molecular complexity index is 875. The number of aryl methyl sites for hydroxylation is 1. The quantitative estimate of drug-likeness (QED) is 0.823. The summed E-state index contributed by atoms with van der Waals surface area (Å²) in [5.41, 5.74) is 1.00. The second-order valence-corrected chi connectivity index (χ2v) is 6.50. The molecule has 0 spiro atoms. The Morgan fingerprint density at radius 2 is 1.96 bits per heavy atom. The van der Waals surface area contributed by atoms with Crippen molar-refractivity contribution in [3.8, 4) is 0 Å². The highest BCUT2D eigenvalue weighted by Gasteiger charge is 2.14. The smallest absolute Gasteiger partial charge is 0.328 e. The summed E-state index contributed by atoms with van der Waals surface area (Å²) < 4.78 is 40.3. The third kappa shape index (κ3) is 4.40. The first-order valence-corrected chi connectivity index (χ1v) is 8.06. The van der Waals surface area contributed by atoms with E-state index < -0.39 is 21.8 Å². The molecule has 0 bridgehead atoms. The lowest BCUT2D eigenvalue weighted by atomic mass is 10.2. The van der Waals surface area contributed by atoms with Gasteiger partial charge in [0.25, 0.3) is 10.0 Å². The Hall–Kier alpha value is -2.67. The van der Waals surface area contributed by atoms with Gasteiger partial charge in [-0.15, -0.1) is 0 Å². The number of rotatable bonds is 5. The third-order valence-corrected chi connectivity index (χ3v) is 4.38. The van der Waals surface area contributed by atoms with Crippen LogP contribution in [0.5, 0.6) is 0 Å². The van der Waals surface area contributed by atoms with E-state index in [0.29, 0.717) is 11.1 Å². The molecule has 7 heteroatoms. The highest BCUT2D eigenvalue weighted by atomic mass is 32.2. The molecule has 2 rings (SSSR count). The van der Waals surface area contributed by atoms with Crippen molar-refractivity contribution < 1.29 is 22.7 Å². The molecule has 0 fully saturated rings. The van der Waals surface area contributed by atoms with Crippen LogP contribution in [0.25, 0.3) is 6.08 Å². The maximum Gasteiger partial charge on any atom is 0.328 e. The van der Waals surface area contributed by atoms with Gasteiger partial charge in [-0.3, -0.25) is 4.72 Å². The van der Waals surface area contributed by atoms with Crippen molar-refractivity contribution in [2.75, 3.05) is 4.72 Å². The Balaban J connectivity index is 2.30. The summed E-state index contributed by atoms with van der Waals surface area (Å²) in [5, 5.41) is 8.60. The first-order valence-electron chi connectivity index (χ1n) is 6.58. The number of halogens is 1. The Labute approximate surface area is 133 Å². The molecule has 0 aliphatic heterocycles. The molecule has 0 saturated carbocycles. The summed E-state index contributed by atoms with van der Waals surface area (Å²) in [5.74, 6) is -1.55. The van der Waals surface area contributed by atoms with Crippen LogP contribution >= 0.6 is 0 Å². The molecule has 0 heterocycles. The fraction of sp³-hybridized carbons (Fsp3) is 0.0625. The van der Waals surface area contributed by atoms with E-state index in [1.54, 1.807) is 6.07 Å². The van der Waals surface area contributed by atoms with Crippen molar-refractivity contribution in [2.24, 2.45) is 0 Å². The number of sulfonamides is 1. The predicted molar refractivity (Wildman–Crippen MR) is 85.1 cm³/mol. The first kappa shape index (κ1) is 16.7.